The minimum absolute atomic E-state index is 0.0381. The zero-order chi connectivity index (χ0) is 55.4. The first-order chi connectivity index (χ1) is 36.5. The van der Waals surface area contributed by atoms with Crippen LogP contribution in [0.2, 0.25) is 0 Å². The zero-order valence-corrected chi connectivity index (χ0v) is 46.4. The van der Waals surface area contributed by atoms with Gasteiger partial charge < -0.3 is 33.9 Å². The predicted octanol–water partition coefficient (Wildman–Crippen LogP) is 7.32. The SMILES string of the molecule is C=CC(=O)N1COC2(CCN(C(=O)N(C)C(C(=O)NC3([C@H]4Cc5cc(C(F)F)cc(n5)-c5ccc6c(c5)c(c(-c5cccnc5[C@@](C)([Si])OC)n6CC)CC(C)(C)COC(=O)[C@@H]5CCCN(N5)C4=O)CC3)=C(C)C)CC2)C1. The van der Waals surface area contributed by atoms with Crippen LogP contribution in [0.1, 0.15) is 109 Å². The number of halogens is 2. The van der Waals surface area contributed by atoms with Crippen molar-refractivity contribution < 1.29 is 47.0 Å². The van der Waals surface area contributed by atoms with Crippen LogP contribution in [0.3, 0.4) is 0 Å². The van der Waals surface area contributed by atoms with Gasteiger partial charge in [-0.15, -0.1) is 0 Å². The number of piperidine rings is 1. The van der Waals surface area contributed by atoms with E-state index in [0.29, 0.717) is 88.0 Å². The summed E-state index contributed by atoms with van der Waals surface area (Å²) in [4.78, 5) is 85.2. The lowest BCUT2D eigenvalue weighted by molar-refractivity contribution is -0.156. The number of hydrogen-bond acceptors (Lipinski definition) is 11. The normalized spacial score (nSPS) is 21.8. The number of nitrogens with zero attached hydrogens (tertiary/aromatic N) is 7. The summed E-state index contributed by atoms with van der Waals surface area (Å²) in [5.74, 6) is -2.81. The number of nitrogens with one attached hydrogen (secondary N) is 2. The Balaban J connectivity index is 1.09. The molecule has 1 saturated carbocycles. The van der Waals surface area contributed by atoms with Crippen LogP contribution in [0.25, 0.3) is 33.4 Å². The van der Waals surface area contributed by atoms with Crippen LogP contribution in [0.4, 0.5) is 13.6 Å². The lowest BCUT2D eigenvalue weighted by atomic mass is 9.84. The van der Waals surface area contributed by atoms with Gasteiger partial charge in [0.15, 0.2) is 0 Å². The largest absolute Gasteiger partial charge is 0.464 e. The summed E-state index contributed by atoms with van der Waals surface area (Å²) in [5.41, 5.74) is 6.38. The molecule has 20 heteroatoms. The minimum atomic E-state index is -2.88. The molecule has 1 aliphatic carbocycles. The highest BCUT2D eigenvalue weighted by Gasteiger charge is 2.56. The fourth-order valence-electron chi connectivity index (χ4n) is 11.7. The Morgan fingerprint density at radius 2 is 1.82 bits per heavy atom. The number of rotatable bonds is 10. The summed E-state index contributed by atoms with van der Waals surface area (Å²) in [7, 11) is 6.97. The number of aromatic nitrogens is 3. The number of allylic oxidation sites excluding steroid dienone is 1. The molecule has 6 bridgehead atoms. The average Bonchev–Trinajstić information content (AvgIpc) is 3.98. The van der Waals surface area contributed by atoms with Crippen LogP contribution in [0.15, 0.2) is 72.6 Å². The number of cyclic esters (lactones) is 1. The van der Waals surface area contributed by atoms with E-state index in [0.717, 1.165) is 27.7 Å². The number of likely N-dealkylation sites (tertiary alicyclic amines) is 1. The number of ether oxygens (including phenoxy) is 3. The monoisotopic (exact) mass is 1070 g/mol. The summed E-state index contributed by atoms with van der Waals surface area (Å²) in [6, 6.07) is 11.1. The van der Waals surface area contributed by atoms with Gasteiger partial charge in [0.1, 0.15) is 18.5 Å². The molecule has 77 heavy (non-hydrogen) atoms. The number of pyridine rings is 2. The number of amides is 5. The molecule has 2 N–H and O–H groups in total. The van der Waals surface area contributed by atoms with E-state index in [1.807, 2.05) is 51.1 Å². The Hall–Kier alpha value is -6.35. The molecule has 4 fully saturated rings. The molecule has 409 valence electrons. The maximum Gasteiger partial charge on any atom is 0.324 e. The Kier molecular flexibility index (Phi) is 15.4. The number of fused-ring (bicyclic) bond motifs is 6. The van der Waals surface area contributed by atoms with Gasteiger partial charge >= 0.3 is 12.0 Å². The maximum absolute atomic E-state index is 15.2. The van der Waals surface area contributed by atoms with Crippen molar-refractivity contribution in [3.63, 3.8) is 0 Å². The second-order valence-corrected chi connectivity index (χ2v) is 23.5. The molecule has 4 aliphatic heterocycles. The predicted molar refractivity (Wildman–Crippen MR) is 286 cm³/mol. The molecule has 3 aromatic heterocycles. The number of likely N-dealkylation sites (N-methyl/N-ethyl adjacent to an activating group) is 1. The van der Waals surface area contributed by atoms with Gasteiger partial charge in [0.25, 0.3) is 12.3 Å². The third kappa shape index (κ3) is 10.9. The smallest absolute Gasteiger partial charge is 0.324 e. The number of aryl methyl sites for hydroxylation is 1. The number of hydrazine groups is 1. The average molecular weight is 1080 g/mol. The standard InChI is InChI=1S/C57H70F2N9O8Si/c1-10-45(69)66-31-56(76-33-66)20-24-65(25-21-56)53(73)64(8)46(34(3)4)50(70)62-57(18-19-57)41-29-37-26-36(49(58)59)28-43(61-37)35-16-17-44-39(27-35)40(47(67(44)11-2)38-14-12-22-60-48(38)55(7,77)74-9)30-54(5,6)32-75-52(72)42-15-13-23-68(63-42)51(41)71/h10,12,14,16-17,22,26-28,41-42,49,63H,1,11,13,15,18-21,23-25,29-33H2,2-9H3,(H,62,70)/t41-,42-,55+/m0/s1. The number of alkyl halides is 2. The van der Waals surface area contributed by atoms with Gasteiger partial charge in [-0.25, -0.2) is 19.0 Å². The number of hydrogen-bond donors (Lipinski definition) is 2. The molecule has 0 unspecified atom stereocenters. The van der Waals surface area contributed by atoms with Crippen molar-refractivity contribution in [2.45, 2.75) is 128 Å². The van der Waals surface area contributed by atoms with Crippen LogP contribution in [-0.4, -0.2) is 145 Å². The Labute approximate surface area is 452 Å². The molecule has 1 aromatic carbocycles. The molecule has 4 aromatic rings. The summed E-state index contributed by atoms with van der Waals surface area (Å²) >= 11 is 0. The lowest BCUT2D eigenvalue weighted by Gasteiger charge is -2.40. The highest BCUT2D eigenvalue weighted by atomic mass is 28.1. The molecule has 5 aliphatic rings. The number of urea groups is 1. The van der Waals surface area contributed by atoms with E-state index in [1.165, 1.54) is 28.1 Å². The van der Waals surface area contributed by atoms with Gasteiger partial charge in [0.2, 0.25) is 11.8 Å². The number of carbonyl (C=O) groups excluding carboxylic acids is 5. The quantitative estimate of drug-likeness (QED) is 0.0923. The van der Waals surface area contributed by atoms with Crippen molar-refractivity contribution >= 4 is 50.9 Å². The van der Waals surface area contributed by atoms with Gasteiger partial charge in [-0.3, -0.25) is 39.1 Å². The minimum Gasteiger partial charge on any atom is -0.464 e. The van der Waals surface area contributed by atoms with Crippen molar-refractivity contribution in [3.05, 3.63) is 95.1 Å². The first-order valence-electron chi connectivity index (χ1n) is 26.6. The zero-order valence-electron chi connectivity index (χ0n) is 45.4. The highest BCUT2D eigenvalue weighted by Crippen LogP contribution is 2.47. The van der Waals surface area contributed by atoms with E-state index in [9.17, 15) is 19.2 Å². The van der Waals surface area contributed by atoms with Crippen molar-refractivity contribution in [2.24, 2.45) is 11.3 Å². The number of methoxy groups -OCH3 is 1. The van der Waals surface area contributed by atoms with Crippen LogP contribution >= 0.6 is 0 Å². The third-order valence-electron chi connectivity index (χ3n) is 16.1. The maximum atomic E-state index is 15.2. The summed E-state index contributed by atoms with van der Waals surface area (Å²) < 4.78 is 50.8. The molecular formula is C57H70F2N9O8Si. The van der Waals surface area contributed by atoms with E-state index in [-0.39, 0.29) is 54.9 Å². The number of benzene rings is 1. The highest BCUT2D eigenvalue weighted by molar-refractivity contribution is 6.15. The van der Waals surface area contributed by atoms with Crippen molar-refractivity contribution in [3.8, 4) is 22.5 Å². The van der Waals surface area contributed by atoms with Gasteiger partial charge in [-0.05, 0) is 126 Å². The topological polar surface area (TPSA) is 181 Å². The van der Waals surface area contributed by atoms with E-state index < -0.39 is 64.0 Å². The third-order valence-corrected chi connectivity index (χ3v) is 16.6. The van der Waals surface area contributed by atoms with E-state index >= 15 is 13.6 Å². The van der Waals surface area contributed by atoms with Gasteiger partial charge in [-0.2, -0.15) is 0 Å². The van der Waals surface area contributed by atoms with Crippen molar-refractivity contribution in [1.29, 1.82) is 0 Å². The summed E-state index contributed by atoms with van der Waals surface area (Å²) in [6.07, 6.45) is 2.94. The lowest BCUT2D eigenvalue weighted by Crippen LogP contribution is -2.60. The van der Waals surface area contributed by atoms with Crippen molar-refractivity contribution in [2.75, 3.05) is 53.7 Å². The molecule has 3 atom stereocenters. The second-order valence-electron chi connectivity index (χ2n) is 22.5. The van der Waals surface area contributed by atoms with Gasteiger partial charge in [0, 0.05) is 91.7 Å². The fourth-order valence-corrected chi connectivity index (χ4v) is 11.9. The Morgan fingerprint density at radius 3 is 2.48 bits per heavy atom. The Bertz CT molecular complexity index is 3030. The van der Waals surface area contributed by atoms with E-state index in [4.69, 9.17) is 24.2 Å². The van der Waals surface area contributed by atoms with Crippen molar-refractivity contribution in [1.82, 2.24) is 45.0 Å². The summed E-state index contributed by atoms with van der Waals surface area (Å²) in [6.45, 7) is 17.1. The van der Waals surface area contributed by atoms with E-state index in [1.54, 1.807) is 44.0 Å². The molecule has 3 radical (unpaired) electrons. The number of esters is 1. The van der Waals surface area contributed by atoms with Crippen LogP contribution in [-0.2, 0) is 58.0 Å². The second kappa shape index (κ2) is 21.5. The van der Waals surface area contributed by atoms with Gasteiger partial charge in [-0.1, -0.05) is 26.5 Å². The molecule has 5 amide bonds. The molecule has 3 saturated heterocycles. The summed E-state index contributed by atoms with van der Waals surface area (Å²) in [5, 5.41) is 4.47. The Morgan fingerprint density at radius 1 is 1.08 bits per heavy atom. The first-order valence-corrected chi connectivity index (χ1v) is 27.1. The van der Waals surface area contributed by atoms with Crippen LogP contribution < -0.4 is 10.7 Å². The van der Waals surface area contributed by atoms with Gasteiger partial charge in [0.05, 0.1) is 62.8 Å². The molecule has 7 heterocycles. The molecular weight excluding hydrogens is 1000 g/mol. The molecule has 1 spiro atoms. The number of carbonyl (C=O) groups is 5. The fraction of sp³-hybridized carbons (Fsp3) is 0.526. The van der Waals surface area contributed by atoms with Crippen LogP contribution in [0.5, 0.6) is 0 Å². The van der Waals surface area contributed by atoms with E-state index in [2.05, 4.69) is 39.1 Å². The van der Waals surface area contributed by atoms with Crippen LogP contribution in [0, 0.1) is 11.3 Å². The molecule has 17 nitrogen and oxygen atoms in total. The molecule has 9 rings (SSSR count). The first kappa shape index (κ1) is 55.4.